The average molecular weight is 378 g/mol. The molecule has 5 rings (SSSR count). The minimum Gasteiger partial charge on any atom is -0.334 e. The standard InChI is InChI=1S/C16H14N2O5S2/c19-24(20)13-7-3-1-5-11(13)15-17(24)9-10-18-16(23-15)12-6-2-4-8-14(12)25(18,21)22/h1-8,15-16H,9-10H2/t15-,16+. The highest BCUT2D eigenvalue weighted by Crippen LogP contribution is 2.49. The van der Waals surface area contributed by atoms with Crippen LogP contribution in [0, 0.1) is 0 Å². The van der Waals surface area contributed by atoms with E-state index >= 15 is 0 Å². The number of hydrogen-bond acceptors (Lipinski definition) is 5. The molecule has 7 nitrogen and oxygen atoms in total. The molecule has 0 aromatic heterocycles. The maximum absolute atomic E-state index is 12.8. The predicted octanol–water partition coefficient (Wildman–Crippen LogP) is 1.42. The van der Waals surface area contributed by atoms with Gasteiger partial charge in [0, 0.05) is 24.2 Å². The first kappa shape index (κ1) is 15.5. The summed E-state index contributed by atoms with van der Waals surface area (Å²) in [5, 5.41) is 0. The van der Waals surface area contributed by atoms with Crippen LogP contribution in [0.15, 0.2) is 58.3 Å². The minimum atomic E-state index is -3.69. The molecular formula is C16H14N2O5S2. The van der Waals surface area contributed by atoms with Gasteiger partial charge in [0.05, 0.1) is 9.79 Å². The SMILES string of the molecule is O=S1(=O)c2ccccc2[C@H]2O[C@H]3c4ccccc4S(=O)(=O)N3CCN21. The molecule has 0 amide bonds. The molecule has 2 aromatic rings. The van der Waals surface area contributed by atoms with Gasteiger partial charge in [-0.05, 0) is 12.1 Å². The third-order valence-electron chi connectivity index (χ3n) is 4.87. The van der Waals surface area contributed by atoms with Crippen LogP contribution in [0.25, 0.3) is 0 Å². The van der Waals surface area contributed by atoms with Crippen molar-refractivity contribution in [2.75, 3.05) is 13.1 Å². The highest BCUT2D eigenvalue weighted by atomic mass is 32.2. The van der Waals surface area contributed by atoms with Gasteiger partial charge in [0.15, 0.2) is 12.5 Å². The van der Waals surface area contributed by atoms with Gasteiger partial charge in [-0.15, -0.1) is 0 Å². The molecule has 0 aliphatic carbocycles. The maximum Gasteiger partial charge on any atom is 0.246 e. The van der Waals surface area contributed by atoms with Gasteiger partial charge in [-0.2, -0.15) is 8.61 Å². The van der Waals surface area contributed by atoms with Gasteiger partial charge >= 0.3 is 0 Å². The third-order valence-corrected chi connectivity index (χ3v) is 8.70. The summed E-state index contributed by atoms with van der Waals surface area (Å²) < 4.78 is 59.7. The molecule has 9 heteroatoms. The number of rotatable bonds is 0. The van der Waals surface area contributed by atoms with Crippen molar-refractivity contribution < 1.29 is 21.6 Å². The molecule has 25 heavy (non-hydrogen) atoms. The van der Waals surface area contributed by atoms with Crippen LogP contribution in [-0.4, -0.2) is 38.5 Å². The first-order valence-electron chi connectivity index (χ1n) is 7.79. The van der Waals surface area contributed by atoms with E-state index in [4.69, 9.17) is 4.74 Å². The number of benzene rings is 2. The quantitative estimate of drug-likeness (QED) is 0.692. The Kier molecular flexibility index (Phi) is 3.03. The summed E-state index contributed by atoms with van der Waals surface area (Å²) in [5.74, 6) is 0. The summed E-state index contributed by atoms with van der Waals surface area (Å²) in [5.41, 5.74) is 1.09. The largest absolute Gasteiger partial charge is 0.334 e. The van der Waals surface area contributed by atoms with Crippen molar-refractivity contribution in [3.63, 3.8) is 0 Å². The van der Waals surface area contributed by atoms with Crippen LogP contribution >= 0.6 is 0 Å². The van der Waals surface area contributed by atoms with Gasteiger partial charge in [-0.25, -0.2) is 16.8 Å². The molecule has 2 aromatic carbocycles. The topological polar surface area (TPSA) is 84.0 Å². The normalized spacial score (nSPS) is 29.3. The zero-order valence-corrected chi connectivity index (χ0v) is 14.6. The molecule has 0 spiro atoms. The van der Waals surface area contributed by atoms with Crippen LogP contribution < -0.4 is 0 Å². The fourth-order valence-corrected chi connectivity index (χ4v) is 7.14. The lowest BCUT2D eigenvalue weighted by Gasteiger charge is -2.23. The predicted molar refractivity (Wildman–Crippen MR) is 87.2 cm³/mol. The monoisotopic (exact) mass is 378 g/mol. The Morgan fingerprint density at radius 2 is 1.12 bits per heavy atom. The fourth-order valence-electron chi connectivity index (χ4n) is 3.73. The van der Waals surface area contributed by atoms with Crippen molar-refractivity contribution in [1.82, 2.24) is 8.61 Å². The van der Waals surface area contributed by atoms with Gasteiger partial charge in [0.2, 0.25) is 20.0 Å². The average Bonchev–Trinajstić information content (AvgIpc) is 2.85. The Morgan fingerprint density at radius 1 is 0.720 bits per heavy atom. The Hall–Kier alpha value is -1.78. The Balaban J connectivity index is 1.68. The van der Waals surface area contributed by atoms with Gasteiger partial charge in [-0.3, -0.25) is 0 Å². The lowest BCUT2D eigenvalue weighted by molar-refractivity contribution is -0.0874. The van der Waals surface area contributed by atoms with E-state index in [9.17, 15) is 16.8 Å². The van der Waals surface area contributed by atoms with Crippen LogP contribution in [0.1, 0.15) is 23.6 Å². The molecule has 3 aliphatic heterocycles. The molecular weight excluding hydrogens is 364 g/mol. The summed E-state index contributed by atoms with van der Waals surface area (Å²) in [4.78, 5) is 0.449. The lowest BCUT2D eigenvalue weighted by atomic mass is 10.2. The molecule has 0 N–H and O–H groups in total. The van der Waals surface area contributed by atoms with Crippen molar-refractivity contribution in [2.24, 2.45) is 0 Å². The van der Waals surface area contributed by atoms with E-state index in [1.54, 1.807) is 48.5 Å². The number of sulfonamides is 2. The maximum atomic E-state index is 12.8. The van der Waals surface area contributed by atoms with Crippen LogP contribution in [0.3, 0.4) is 0 Å². The van der Waals surface area contributed by atoms with Crippen molar-refractivity contribution in [3.8, 4) is 0 Å². The summed E-state index contributed by atoms with van der Waals surface area (Å²) in [6, 6.07) is 13.4. The Bertz CT molecular complexity index is 1010. The van der Waals surface area contributed by atoms with Crippen LogP contribution in [0.5, 0.6) is 0 Å². The van der Waals surface area contributed by atoms with Crippen molar-refractivity contribution >= 4 is 20.0 Å². The van der Waals surface area contributed by atoms with E-state index in [0.29, 0.717) is 11.1 Å². The zero-order chi connectivity index (χ0) is 17.4. The van der Waals surface area contributed by atoms with Crippen molar-refractivity contribution in [3.05, 3.63) is 59.7 Å². The molecule has 0 saturated carbocycles. The van der Waals surface area contributed by atoms with Crippen LogP contribution in [0.2, 0.25) is 0 Å². The molecule has 0 radical (unpaired) electrons. The zero-order valence-electron chi connectivity index (χ0n) is 12.9. The summed E-state index contributed by atoms with van der Waals surface area (Å²) in [6.45, 7) is 0.0940. The van der Waals surface area contributed by atoms with E-state index in [0.717, 1.165) is 0 Å². The third kappa shape index (κ3) is 1.90. The minimum absolute atomic E-state index is 0.0470. The smallest absolute Gasteiger partial charge is 0.246 e. The van der Waals surface area contributed by atoms with E-state index in [1.807, 2.05) is 0 Å². The second-order valence-corrected chi connectivity index (χ2v) is 9.87. The lowest BCUT2D eigenvalue weighted by Crippen LogP contribution is -2.34. The first-order valence-corrected chi connectivity index (χ1v) is 10.7. The summed E-state index contributed by atoms with van der Waals surface area (Å²) in [7, 11) is -7.38. The van der Waals surface area contributed by atoms with Gasteiger partial charge in [-0.1, -0.05) is 36.4 Å². The Morgan fingerprint density at radius 3 is 1.56 bits per heavy atom. The molecule has 3 aliphatic rings. The Labute approximate surface area is 145 Å². The molecule has 2 atom stereocenters. The van der Waals surface area contributed by atoms with Crippen LogP contribution in [0.4, 0.5) is 0 Å². The number of hydrogen-bond donors (Lipinski definition) is 0. The van der Waals surface area contributed by atoms with Crippen molar-refractivity contribution in [2.45, 2.75) is 22.2 Å². The second kappa shape index (κ2) is 4.89. The number of fused-ring (bicyclic) bond motifs is 6. The van der Waals surface area contributed by atoms with E-state index in [-0.39, 0.29) is 22.9 Å². The molecule has 1 saturated heterocycles. The van der Waals surface area contributed by atoms with Crippen molar-refractivity contribution in [1.29, 1.82) is 0 Å². The van der Waals surface area contributed by atoms with E-state index in [1.165, 1.54) is 8.61 Å². The van der Waals surface area contributed by atoms with Gasteiger partial charge < -0.3 is 4.74 Å². The highest BCUT2D eigenvalue weighted by molar-refractivity contribution is 7.89. The number of ether oxygens (including phenoxy) is 1. The van der Waals surface area contributed by atoms with Gasteiger partial charge in [0.25, 0.3) is 0 Å². The summed E-state index contributed by atoms with van der Waals surface area (Å²) >= 11 is 0. The molecule has 3 heterocycles. The highest BCUT2D eigenvalue weighted by Gasteiger charge is 2.52. The second-order valence-electron chi connectivity index (χ2n) is 6.15. The fraction of sp³-hybridized carbons (Fsp3) is 0.250. The van der Waals surface area contributed by atoms with Crippen LogP contribution in [-0.2, 0) is 24.8 Å². The van der Waals surface area contributed by atoms with E-state index in [2.05, 4.69) is 0 Å². The molecule has 0 bridgehead atoms. The molecule has 0 unspecified atom stereocenters. The molecule has 130 valence electrons. The number of nitrogens with zero attached hydrogens (tertiary/aromatic N) is 2. The first-order chi connectivity index (χ1) is 11.9. The summed E-state index contributed by atoms with van der Waals surface area (Å²) in [6.07, 6.45) is -1.64. The molecule has 1 fully saturated rings. The van der Waals surface area contributed by atoms with Gasteiger partial charge in [0.1, 0.15) is 0 Å². The van der Waals surface area contributed by atoms with E-state index < -0.39 is 32.5 Å².